The molecule has 0 bridgehead atoms. The summed E-state index contributed by atoms with van der Waals surface area (Å²) in [5.41, 5.74) is 1.82. The summed E-state index contributed by atoms with van der Waals surface area (Å²) >= 11 is 6.06. The van der Waals surface area contributed by atoms with Crippen LogP contribution in [-0.4, -0.2) is 29.9 Å². The molecule has 2 amide bonds. The van der Waals surface area contributed by atoms with Crippen molar-refractivity contribution in [3.63, 3.8) is 0 Å². The first kappa shape index (κ1) is 19.8. The van der Waals surface area contributed by atoms with Crippen molar-refractivity contribution in [3.05, 3.63) is 88.8 Å². The van der Waals surface area contributed by atoms with Crippen LogP contribution in [0.25, 0.3) is 6.08 Å². The molecule has 3 aromatic rings. The van der Waals surface area contributed by atoms with Gasteiger partial charge in [-0.1, -0.05) is 29.8 Å². The first-order chi connectivity index (χ1) is 14.6. The number of carbonyl (C=O) groups is 2. The monoisotopic (exact) mass is 422 g/mol. The predicted octanol–water partition coefficient (Wildman–Crippen LogP) is 4.38. The zero-order valence-corrected chi connectivity index (χ0v) is 16.8. The summed E-state index contributed by atoms with van der Waals surface area (Å²) in [4.78, 5) is 27.2. The highest BCUT2D eigenvalue weighted by Gasteiger charge is 2.25. The van der Waals surface area contributed by atoms with E-state index in [2.05, 4.69) is 5.32 Å². The van der Waals surface area contributed by atoms with Crippen LogP contribution >= 0.6 is 11.6 Å². The van der Waals surface area contributed by atoms with Gasteiger partial charge in [0.2, 0.25) is 5.91 Å². The summed E-state index contributed by atoms with van der Waals surface area (Å²) in [6.07, 6.45) is 3.28. The Bertz CT molecular complexity index is 1080. The summed E-state index contributed by atoms with van der Waals surface area (Å²) in [6.45, 7) is 0.143. The molecule has 0 fully saturated rings. The fraction of sp³-hybridized carbons (Fsp3) is 0.130. The van der Waals surface area contributed by atoms with Crippen LogP contribution in [0.5, 0.6) is 5.75 Å². The Morgan fingerprint density at radius 1 is 1.07 bits per heavy atom. The Balaban J connectivity index is 1.54. The van der Waals surface area contributed by atoms with Crippen molar-refractivity contribution in [2.75, 3.05) is 18.5 Å². The van der Waals surface area contributed by atoms with Crippen molar-refractivity contribution >= 4 is 35.2 Å². The number of nitrogens with one attached hydrogen (secondary N) is 1. The lowest BCUT2D eigenvalue weighted by Crippen LogP contribution is -2.39. The Kier molecular flexibility index (Phi) is 5.86. The number of halogens is 1. The number of nitrogens with zero attached hydrogens (tertiary/aromatic N) is 1. The fourth-order valence-corrected chi connectivity index (χ4v) is 3.34. The highest BCUT2D eigenvalue weighted by Crippen LogP contribution is 2.29. The second kappa shape index (κ2) is 8.88. The largest absolute Gasteiger partial charge is 0.488 e. The van der Waals surface area contributed by atoms with Crippen LogP contribution in [0.1, 0.15) is 11.3 Å². The number of anilines is 1. The van der Waals surface area contributed by atoms with Crippen molar-refractivity contribution in [2.24, 2.45) is 0 Å². The molecule has 0 radical (unpaired) electrons. The van der Waals surface area contributed by atoms with Crippen LogP contribution in [0.2, 0.25) is 5.02 Å². The molecule has 7 heteroatoms. The van der Waals surface area contributed by atoms with E-state index < -0.39 is 0 Å². The maximum Gasteiger partial charge on any atom is 0.254 e. The van der Waals surface area contributed by atoms with E-state index in [-0.39, 0.29) is 31.5 Å². The second-order valence-electron chi connectivity index (χ2n) is 6.80. The minimum Gasteiger partial charge on any atom is -0.488 e. The van der Waals surface area contributed by atoms with Gasteiger partial charge < -0.3 is 19.4 Å². The maximum atomic E-state index is 13.2. The molecular formula is C23H19ClN2O4. The lowest BCUT2D eigenvalue weighted by molar-refractivity contribution is -0.132. The molecule has 2 heterocycles. The molecule has 1 aromatic heterocycles. The molecule has 4 rings (SSSR count). The standard InChI is InChI=1S/C23H19ClN2O4/c24-18-8-9-21-16(12-18)11-17(15-30-21)23(28)26(13-20-7-4-10-29-20)14-22(27)25-19-5-2-1-3-6-19/h1-12H,13-15H2,(H,25,27). The van der Waals surface area contributed by atoms with Gasteiger partial charge in [0.05, 0.1) is 18.4 Å². The summed E-state index contributed by atoms with van der Waals surface area (Å²) < 4.78 is 11.1. The van der Waals surface area contributed by atoms with Gasteiger partial charge >= 0.3 is 0 Å². The summed E-state index contributed by atoms with van der Waals surface area (Å²) in [5, 5.41) is 3.35. The molecule has 0 saturated carbocycles. The minimum atomic E-state index is -0.305. The van der Waals surface area contributed by atoms with E-state index >= 15 is 0 Å². The first-order valence-electron chi connectivity index (χ1n) is 9.38. The van der Waals surface area contributed by atoms with Crippen LogP contribution < -0.4 is 10.1 Å². The van der Waals surface area contributed by atoms with Gasteiger partial charge in [0.1, 0.15) is 24.7 Å². The third-order valence-electron chi connectivity index (χ3n) is 4.57. The number of carbonyl (C=O) groups excluding carboxylic acids is 2. The van der Waals surface area contributed by atoms with Gasteiger partial charge in [0.25, 0.3) is 5.91 Å². The molecule has 152 valence electrons. The van der Waals surface area contributed by atoms with Crippen molar-refractivity contribution in [1.82, 2.24) is 4.90 Å². The summed E-state index contributed by atoms with van der Waals surface area (Å²) in [6, 6.07) is 17.8. The minimum absolute atomic E-state index is 0.114. The quantitative estimate of drug-likeness (QED) is 0.640. The Morgan fingerprint density at radius 3 is 2.67 bits per heavy atom. The zero-order valence-electron chi connectivity index (χ0n) is 16.0. The number of para-hydroxylation sites is 1. The van der Waals surface area contributed by atoms with Crippen molar-refractivity contribution < 1.29 is 18.7 Å². The van der Waals surface area contributed by atoms with Crippen LogP contribution in [-0.2, 0) is 16.1 Å². The molecule has 0 atom stereocenters. The van der Waals surface area contributed by atoms with Gasteiger partial charge in [-0.25, -0.2) is 0 Å². The molecule has 0 unspecified atom stereocenters. The average molecular weight is 423 g/mol. The van der Waals surface area contributed by atoms with Gasteiger partial charge in [-0.15, -0.1) is 0 Å². The molecule has 2 aromatic carbocycles. The third-order valence-corrected chi connectivity index (χ3v) is 4.80. The topological polar surface area (TPSA) is 71.8 Å². The number of furan rings is 1. The van der Waals surface area contributed by atoms with Crippen LogP contribution in [0.15, 0.2) is 76.9 Å². The van der Waals surface area contributed by atoms with E-state index in [9.17, 15) is 9.59 Å². The Hall–Kier alpha value is -3.51. The van der Waals surface area contributed by atoms with Gasteiger partial charge in [0.15, 0.2) is 0 Å². The normalized spacial score (nSPS) is 12.4. The fourth-order valence-electron chi connectivity index (χ4n) is 3.16. The highest BCUT2D eigenvalue weighted by atomic mass is 35.5. The van der Waals surface area contributed by atoms with E-state index in [1.54, 1.807) is 48.5 Å². The first-order valence-corrected chi connectivity index (χ1v) is 9.76. The number of hydrogen-bond acceptors (Lipinski definition) is 4. The summed E-state index contributed by atoms with van der Waals surface area (Å²) in [7, 11) is 0. The average Bonchev–Trinajstić information content (AvgIpc) is 3.26. The van der Waals surface area contributed by atoms with E-state index in [1.165, 1.54) is 11.2 Å². The van der Waals surface area contributed by atoms with E-state index in [1.807, 2.05) is 18.2 Å². The smallest absolute Gasteiger partial charge is 0.254 e. The van der Waals surface area contributed by atoms with Gasteiger partial charge in [-0.3, -0.25) is 9.59 Å². The number of hydrogen-bond donors (Lipinski definition) is 1. The molecule has 0 spiro atoms. The van der Waals surface area contributed by atoms with Crippen molar-refractivity contribution in [2.45, 2.75) is 6.54 Å². The Morgan fingerprint density at radius 2 is 1.90 bits per heavy atom. The molecule has 0 saturated heterocycles. The van der Waals surface area contributed by atoms with Crippen LogP contribution in [0.3, 0.4) is 0 Å². The third kappa shape index (κ3) is 4.72. The number of benzene rings is 2. The molecular weight excluding hydrogens is 404 g/mol. The van der Waals surface area contributed by atoms with E-state index in [0.717, 1.165) is 5.56 Å². The second-order valence-corrected chi connectivity index (χ2v) is 7.23. The molecule has 30 heavy (non-hydrogen) atoms. The molecule has 6 nitrogen and oxygen atoms in total. The van der Waals surface area contributed by atoms with E-state index in [0.29, 0.717) is 27.8 Å². The van der Waals surface area contributed by atoms with Crippen LogP contribution in [0.4, 0.5) is 5.69 Å². The molecule has 1 N–H and O–H groups in total. The summed E-state index contributed by atoms with van der Waals surface area (Å²) in [5.74, 6) is 0.633. The lowest BCUT2D eigenvalue weighted by Gasteiger charge is -2.25. The van der Waals surface area contributed by atoms with Gasteiger partial charge in [-0.05, 0) is 48.5 Å². The SMILES string of the molecule is O=C(CN(Cc1ccco1)C(=O)C1=Cc2cc(Cl)ccc2OC1)Nc1ccccc1. The van der Waals surface area contributed by atoms with Gasteiger partial charge in [-0.2, -0.15) is 0 Å². The number of ether oxygens (including phenoxy) is 1. The predicted molar refractivity (Wildman–Crippen MR) is 114 cm³/mol. The molecule has 0 aliphatic carbocycles. The van der Waals surface area contributed by atoms with Crippen molar-refractivity contribution in [3.8, 4) is 5.75 Å². The number of rotatable bonds is 6. The highest BCUT2D eigenvalue weighted by molar-refractivity contribution is 6.30. The number of fused-ring (bicyclic) bond motifs is 1. The van der Waals surface area contributed by atoms with Crippen LogP contribution in [0, 0.1) is 0 Å². The molecule has 1 aliphatic rings. The van der Waals surface area contributed by atoms with Crippen molar-refractivity contribution in [1.29, 1.82) is 0 Å². The Labute approximate surface area is 178 Å². The lowest BCUT2D eigenvalue weighted by atomic mass is 10.1. The molecule has 1 aliphatic heterocycles. The van der Waals surface area contributed by atoms with Gasteiger partial charge in [0, 0.05) is 16.3 Å². The van der Waals surface area contributed by atoms with E-state index in [4.69, 9.17) is 20.8 Å². The number of amides is 2. The zero-order chi connectivity index (χ0) is 20.9. The maximum absolute atomic E-state index is 13.2.